The number of nitrogens with zero attached hydrogens (tertiary/aromatic N) is 2. The summed E-state index contributed by atoms with van der Waals surface area (Å²) in [5, 5.41) is 18.9. The molecule has 7 heteroatoms. The minimum atomic E-state index is -1.64. The maximum atomic E-state index is 13.9. The summed E-state index contributed by atoms with van der Waals surface area (Å²) in [4.78, 5) is 9.07. The van der Waals surface area contributed by atoms with Crippen LogP contribution in [0.5, 0.6) is 0 Å². The van der Waals surface area contributed by atoms with Gasteiger partial charge in [0, 0.05) is 23.7 Å². The number of hydrogen-bond acceptors (Lipinski definition) is 4. The van der Waals surface area contributed by atoms with Crippen LogP contribution in [-0.4, -0.2) is 26.5 Å². The molecule has 0 aliphatic carbocycles. The Morgan fingerprint density at radius 2 is 1.34 bits per heavy atom. The standard InChI is InChI=1S/C25H19F3N2O2/c26-19-8-4-15(5-9-19)23(16-6-10-20(27)11-7-16)25-29-14-18(13-22(31)32)24(30-25)17-2-1-3-21(28)12-17/h1-12,14,22-23,31-32H,13H2. The maximum Gasteiger partial charge on any atom is 0.155 e. The number of rotatable bonds is 6. The molecule has 1 aromatic heterocycles. The van der Waals surface area contributed by atoms with E-state index in [0.717, 1.165) is 0 Å². The van der Waals surface area contributed by atoms with Gasteiger partial charge in [-0.05, 0) is 47.5 Å². The van der Waals surface area contributed by atoms with Gasteiger partial charge >= 0.3 is 0 Å². The lowest BCUT2D eigenvalue weighted by molar-refractivity contribution is -0.0381. The van der Waals surface area contributed by atoms with E-state index in [2.05, 4.69) is 9.97 Å². The molecule has 0 radical (unpaired) electrons. The van der Waals surface area contributed by atoms with Crippen LogP contribution in [0, 0.1) is 17.5 Å². The average Bonchev–Trinajstić information content (AvgIpc) is 2.77. The van der Waals surface area contributed by atoms with Crippen molar-refractivity contribution in [1.82, 2.24) is 9.97 Å². The predicted octanol–water partition coefficient (Wildman–Crippen LogP) is 4.59. The first-order chi connectivity index (χ1) is 15.4. The zero-order chi connectivity index (χ0) is 22.7. The Hall–Kier alpha value is -3.55. The smallest absolute Gasteiger partial charge is 0.155 e. The van der Waals surface area contributed by atoms with Crippen molar-refractivity contribution in [1.29, 1.82) is 0 Å². The average molecular weight is 436 g/mol. The zero-order valence-corrected chi connectivity index (χ0v) is 16.8. The van der Waals surface area contributed by atoms with Crippen molar-refractivity contribution in [2.75, 3.05) is 0 Å². The van der Waals surface area contributed by atoms with Crippen LogP contribution >= 0.6 is 0 Å². The summed E-state index contributed by atoms with van der Waals surface area (Å²) in [5.74, 6) is -1.51. The molecule has 1 heterocycles. The van der Waals surface area contributed by atoms with Crippen LogP contribution in [0.25, 0.3) is 11.3 Å². The molecule has 0 aliphatic heterocycles. The van der Waals surface area contributed by atoms with Gasteiger partial charge in [0.25, 0.3) is 0 Å². The lowest BCUT2D eigenvalue weighted by Gasteiger charge is -2.19. The number of benzene rings is 3. The van der Waals surface area contributed by atoms with Crippen molar-refractivity contribution in [2.45, 2.75) is 18.6 Å². The summed E-state index contributed by atoms with van der Waals surface area (Å²) in [6.45, 7) is 0. The van der Waals surface area contributed by atoms with E-state index in [-0.39, 0.29) is 6.42 Å². The molecular formula is C25H19F3N2O2. The quantitative estimate of drug-likeness (QED) is 0.434. The van der Waals surface area contributed by atoms with Gasteiger partial charge in [0.1, 0.15) is 23.3 Å². The molecule has 0 atom stereocenters. The van der Waals surface area contributed by atoms with Gasteiger partial charge in [-0.3, -0.25) is 0 Å². The van der Waals surface area contributed by atoms with E-state index in [1.165, 1.54) is 48.7 Å². The molecule has 0 unspecified atom stereocenters. The second kappa shape index (κ2) is 9.30. The molecule has 0 saturated carbocycles. The molecule has 4 aromatic rings. The highest BCUT2D eigenvalue weighted by Crippen LogP contribution is 2.32. The predicted molar refractivity (Wildman–Crippen MR) is 113 cm³/mol. The molecule has 3 aromatic carbocycles. The van der Waals surface area contributed by atoms with E-state index in [9.17, 15) is 23.4 Å². The van der Waals surface area contributed by atoms with E-state index in [0.29, 0.717) is 33.8 Å². The van der Waals surface area contributed by atoms with Crippen molar-refractivity contribution in [2.24, 2.45) is 0 Å². The van der Waals surface area contributed by atoms with Gasteiger partial charge in [0.2, 0.25) is 0 Å². The Morgan fingerprint density at radius 1 is 0.750 bits per heavy atom. The molecule has 0 aliphatic rings. The van der Waals surface area contributed by atoms with Crippen molar-refractivity contribution in [3.63, 3.8) is 0 Å². The summed E-state index contributed by atoms with van der Waals surface area (Å²) >= 11 is 0. The van der Waals surface area contributed by atoms with E-state index in [1.807, 2.05) is 0 Å². The van der Waals surface area contributed by atoms with Crippen LogP contribution in [-0.2, 0) is 6.42 Å². The number of aromatic nitrogens is 2. The highest BCUT2D eigenvalue weighted by Gasteiger charge is 2.22. The van der Waals surface area contributed by atoms with Gasteiger partial charge in [-0.25, -0.2) is 23.1 Å². The van der Waals surface area contributed by atoms with Crippen LogP contribution in [0.4, 0.5) is 13.2 Å². The van der Waals surface area contributed by atoms with Crippen LogP contribution in [0.1, 0.15) is 28.4 Å². The second-order valence-electron chi connectivity index (χ2n) is 7.33. The SMILES string of the molecule is OC(O)Cc1cnc(C(c2ccc(F)cc2)c2ccc(F)cc2)nc1-c1cccc(F)c1. The van der Waals surface area contributed by atoms with Crippen molar-refractivity contribution in [3.8, 4) is 11.3 Å². The summed E-state index contributed by atoms with van der Waals surface area (Å²) in [5.41, 5.74) is 2.57. The second-order valence-corrected chi connectivity index (χ2v) is 7.33. The molecule has 4 rings (SSSR count). The number of aliphatic hydroxyl groups excluding tert-OH is 1. The largest absolute Gasteiger partial charge is 0.368 e. The van der Waals surface area contributed by atoms with E-state index < -0.39 is 29.7 Å². The Bertz CT molecular complexity index is 1170. The molecule has 4 nitrogen and oxygen atoms in total. The minimum Gasteiger partial charge on any atom is -0.368 e. The highest BCUT2D eigenvalue weighted by atomic mass is 19.1. The fourth-order valence-electron chi connectivity index (χ4n) is 3.59. The first-order valence-electron chi connectivity index (χ1n) is 9.89. The zero-order valence-electron chi connectivity index (χ0n) is 16.8. The molecule has 2 N–H and O–H groups in total. The van der Waals surface area contributed by atoms with Crippen molar-refractivity contribution in [3.05, 3.63) is 119 Å². The van der Waals surface area contributed by atoms with Gasteiger partial charge in [0.15, 0.2) is 6.29 Å². The number of hydrogen-bond donors (Lipinski definition) is 2. The van der Waals surface area contributed by atoms with E-state index in [1.54, 1.807) is 30.3 Å². The Morgan fingerprint density at radius 3 is 1.88 bits per heavy atom. The topological polar surface area (TPSA) is 66.2 Å². The number of aliphatic hydroxyl groups is 2. The molecule has 32 heavy (non-hydrogen) atoms. The molecule has 0 amide bonds. The Balaban J connectivity index is 1.89. The lowest BCUT2D eigenvalue weighted by Crippen LogP contribution is -2.14. The third-order valence-electron chi connectivity index (χ3n) is 5.05. The third-order valence-corrected chi connectivity index (χ3v) is 5.05. The van der Waals surface area contributed by atoms with Crippen LogP contribution in [0.3, 0.4) is 0 Å². The fraction of sp³-hybridized carbons (Fsp3) is 0.120. The van der Waals surface area contributed by atoms with Crippen LogP contribution < -0.4 is 0 Å². The van der Waals surface area contributed by atoms with E-state index in [4.69, 9.17) is 0 Å². The van der Waals surface area contributed by atoms with Gasteiger partial charge in [-0.15, -0.1) is 0 Å². The van der Waals surface area contributed by atoms with Gasteiger partial charge < -0.3 is 10.2 Å². The summed E-state index contributed by atoms with van der Waals surface area (Å²) in [6.07, 6.45) is -0.326. The van der Waals surface area contributed by atoms with Gasteiger partial charge in [-0.2, -0.15) is 0 Å². The molecule has 162 valence electrons. The molecule has 0 spiro atoms. The van der Waals surface area contributed by atoms with Crippen LogP contribution in [0.15, 0.2) is 79.0 Å². The highest BCUT2D eigenvalue weighted by molar-refractivity contribution is 5.63. The summed E-state index contributed by atoms with van der Waals surface area (Å²) in [6, 6.07) is 17.4. The van der Waals surface area contributed by atoms with Gasteiger partial charge in [-0.1, -0.05) is 36.4 Å². The molecule has 0 saturated heterocycles. The lowest BCUT2D eigenvalue weighted by atomic mass is 9.90. The Kier molecular flexibility index (Phi) is 6.30. The van der Waals surface area contributed by atoms with Crippen molar-refractivity contribution < 1.29 is 23.4 Å². The molecular weight excluding hydrogens is 417 g/mol. The van der Waals surface area contributed by atoms with Gasteiger partial charge in [0.05, 0.1) is 11.6 Å². The minimum absolute atomic E-state index is 0.149. The molecule has 0 fully saturated rings. The molecule has 0 bridgehead atoms. The van der Waals surface area contributed by atoms with Crippen molar-refractivity contribution >= 4 is 0 Å². The first-order valence-corrected chi connectivity index (χ1v) is 9.89. The normalized spacial score (nSPS) is 11.3. The maximum absolute atomic E-state index is 13.9. The fourth-order valence-corrected chi connectivity index (χ4v) is 3.59. The third kappa shape index (κ3) is 4.85. The monoisotopic (exact) mass is 436 g/mol. The van der Waals surface area contributed by atoms with Crippen LogP contribution in [0.2, 0.25) is 0 Å². The number of halogens is 3. The first kappa shape index (κ1) is 21.7. The summed E-state index contributed by atoms with van der Waals surface area (Å²) in [7, 11) is 0. The summed E-state index contributed by atoms with van der Waals surface area (Å²) < 4.78 is 41.0. The Labute approximate surface area is 182 Å². The van der Waals surface area contributed by atoms with E-state index >= 15 is 0 Å².